The summed E-state index contributed by atoms with van der Waals surface area (Å²) in [6.45, 7) is 1.32. The van der Waals surface area contributed by atoms with Crippen LogP contribution in [-0.4, -0.2) is 32.3 Å². The number of ether oxygens (including phenoxy) is 1. The van der Waals surface area contributed by atoms with E-state index in [1.165, 1.54) is 18.2 Å². The number of methoxy groups -OCH3 is 1. The first-order valence-electron chi connectivity index (χ1n) is 10.1. The van der Waals surface area contributed by atoms with Crippen LogP contribution in [0.3, 0.4) is 0 Å². The van der Waals surface area contributed by atoms with E-state index in [4.69, 9.17) is 27.9 Å². The Bertz CT molecular complexity index is 1220. The first-order chi connectivity index (χ1) is 15.7. The predicted octanol–water partition coefficient (Wildman–Crippen LogP) is 5.07. The highest BCUT2D eigenvalue weighted by molar-refractivity contribution is 7.89. The molecule has 0 spiro atoms. The van der Waals surface area contributed by atoms with Gasteiger partial charge in [0.25, 0.3) is 0 Å². The number of halogens is 2. The predicted molar refractivity (Wildman–Crippen MR) is 130 cm³/mol. The summed E-state index contributed by atoms with van der Waals surface area (Å²) >= 11 is 12.3. The van der Waals surface area contributed by atoms with Crippen molar-refractivity contribution < 1.29 is 17.9 Å². The van der Waals surface area contributed by atoms with Crippen molar-refractivity contribution in [1.29, 1.82) is 0 Å². The van der Waals surface area contributed by atoms with Gasteiger partial charge in [-0.2, -0.15) is 4.31 Å². The molecule has 0 saturated carbocycles. The molecule has 3 aromatic carbocycles. The molecule has 0 aromatic heterocycles. The van der Waals surface area contributed by atoms with Crippen molar-refractivity contribution >= 4 is 39.1 Å². The quantitative estimate of drug-likeness (QED) is 0.439. The lowest BCUT2D eigenvalue weighted by molar-refractivity contribution is -0.122. The molecular formula is C24H24Cl2N2O4S. The van der Waals surface area contributed by atoms with E-state index >= 15 is 0 Å². The Morgan fingerprint density at radius 3 is 2.36 bits per heavy atom. The highest BCUT2D eigenvalue weighted by Gasteiger charge is 2.28. The van der Waals surface area contributed by atoms with E-state index in [0.717, 1.165) is 9.87 Å². The van der Waals surface area contributed by atoms with Crippen LogP contribution in [0.15, 0.2) is 77.7 Å². The van der Waals surface area contributed by atoms with E-state index in [1.807, 2.05) is 25.1 Å². The molecule has 0 saturated heterocycles. The van der Waals surface area contributed by atoms with E-state index < -0.39 is 28.5 Å². The van der Waals surface area contributed by atoms with Crippen molar-refractivity contribution in [3.8, 4) is 5.75 Å². The second kappa shape index (κ2) is 11.0. The molecule has 0 unspecified atom stereocenters. The van der Waals surface area contributed by atoms with Gasteiger partial charge in [0, 0.05) is 22.2 Å². The van der Waals surface area contributed by atoms with Crippen LogP contribution in [-0.2, 0) is 21.4 Å². The van der Waals surface area contributed by atoms with Gasteiger partial charge in [-0.3, -0.25) is 4.79 Å². The fourth-order valence-corrected chi connectivity index (χ4v) is 5.22. The minimum Gasteiger partial charge on any atom is -0.496 e. The molecule has 174 valence electrons. The molecule has 0 radical (unpaired) electrons. The summed E-state index contributed by atoms with van der Waals surface area (Å²) in [7, 11) is -2.43. The number of hydrogen-bond donors (Lipinski definition) is 1. The minimum absolute atomic E-state index is 0.0839. The van der Waals surface area contributed by atoms with Crippen LogP contribution in [0.1, 0.15) is 24.1 Å². The minimum atomic E-state index is -3.98. The molecular weight excluding hydrogens is 483 g/mol. The summed E-state index contributed by atoms with van der Waals surface area (Å²) < 4.78 is 33.2. The third-order valence-electron chi connectivity index (χ3n) is 5.05. The van der Waals surface area contributed by atoms with Crippen LogP contribution in [0, 0.1) is 0 Å². The third-order valence-corrected chi connectivity index (χ3v) is 7.44. The first-order valence-corrected chi connectivity index (χ1v) is 12.3. The summed E-state index contributed by atoms with van der Waals surface area (Å²) in [6, 6.07) is 19.7. The van der Waals surface area contributed by atoms with Crippen molar-refractivity contribution in [2.24, 2.45) is 0 Å². The highest BCUT2D eigenvalue weighted by atomic mass is 35.5. The second-order valence-corrected chi connectivity index (χ2v) is 10.1. The summed E-state index contributed by atoms with van der Waals surface area (Å²) in [5, 5.41) is 3.61. The average molecular weight is 507 g/mol. The molecule has 3 rings (SSSR count). The number of nitrogens with zero attached hydrogens (tertiary/aromatic N) is 1. The van der Waals surface area contributed by atoms with Gasteiger partial charge in [-0.15, -0.1) is 0 Å². The number of rotatable bonds is 9. The Kier molecular flexibility index (Phi) is 8.37. The molecule has 0 aliphatic heterocycles. The number of para-hydroxylation sites is 1. The summed E-state index contributed by atoms with van der Waals surface area (Å²) in [6.07, 6.45) is 0. The van der Waals surface area contributed by atoms with Crippen molar-refractivity contribution in [2.45, 2.75) is 24.4 Å². The number of benzene rings is 3. The Balaban J connectivity index is 1.86. The standard InChI is InChI=1S/C24H24Cl2N2O4S/c1-17(21-10-6-7-11-23(21)32-2)27-24(29)16-28(15-18-12-13-19(25)14-22(18)26)33(30,31)20-8-4-3-5-9-20/h3-14,17H,15-16H2,1-2H3,(H,27,29)/t17-/m0/s1. The highest BCUT2D eigenvalue weighted by Crippen LogP contribution is 2.26. The van der Waals surface area contributed by atoms with Crippen LogP contribution in [0.2, 0.25) is 10.0 Å². The number of sulfonamides is 1. The molecule has 0 bridgehead atoms. The topological polar surface area (TPSA) is 75.7 Å². The van der Waals surface area contributed by atoms with Gasteiger partial charge in [0.05, 0.1) is 24.6 Å². The lowest BCUT2D eigenvalue weighted by Crippen LogP contribution is -2.41. The van der Waals surface area contributed by atoms with Crippen molar-refractivity contribution in [3.63, 3.8) is 0 Å². The number of carbonyl (C=O) groups excluding carboxylic acids is 1. The maximum Gasteiger partial charge on any atom is 0.243 e. The van der Waals surface area contributed by atoms with E-state index in [1.54, 1.807) is 43.5 Å². The molecule has 33 heavy (non-hydrogen) atoms. The summed E-state index contributed by atoms with van der Waals surface area (Å²) in [5.41, 5.74) is 1.32. The largest absolute Gasteiger partial charge is 0.496 e. The Morgan fingerprint density at radius 2 is 1.70 bits per heavy atom. The summed E-state index contributed by atoms with van der Waals surface area (Å²) in [5.74, 6) is 0.171. The zero-order valence-corrected chi connectivity index (χ0v) is 20.5. The van der Waals surface area contributed by atoms with Gasteiger partial charge < -0.3 is 10.1 Å². The normalized spacial score (nSPS) is 12.4. The fraction of sp³-hybridized carbons (Fsp3) is 0.208. The number of amides is 1. The molecule has 1 amide bonds. The lowest BCUT2D eigenvalue weighted by atomic mass is 10.1. The SMILES string of the molecule is COc1ccccc1[C@H](C)NC(=O)CN(Cc1ccc(Cl)cc1Cl)S(=O)(=O)c1ccccc1. The smallest absolute Gasteiger partial charge is 0.243 e. The Hall–Kier alpha value is -2.58. The number of nitrogens with one attached hydrogen (secondary N) is 1. The van der Waals surface area contributed by atoms with E-state index in [2.05, 4.69) is 5.32 Å². The van der Waals surface area contributed by atoms with Crippen molar-refractivity contribution in [3.05, 3.63) is 94.0 Å². The van der Waals surface area contributed by atoms with Crippen molar-refractivity contribution in [2.75, 3.05) is 13.7 Å². The Labute approximate surface area is 204 Å². The van der Waals surface area contributed by atoms with Crippen LogP contribution in [0.4, 0.5) is 0 Å². The van der Waals surface area contributed by atoms with Crippen LogP contribution in [0.25, 0.3) is 0 Å². The molecule has 3 aromatic rings. The van der Waals surface area contributed by atoms with Gasteiger partial charge in [0.2, 0.25) is 15.9 Å². The molecule has 0 aliphatic carbocycles. The monoisotopic (exact) mass is 506 g/mol. The molecule has 6 nitrogen and oxygen atoms in total. The molecule has 9 heteroatoms. The number of hydrogen-bond acceptors (Lipinski definition) is 4. The van der Waals surface area contributed by atoms with Gasteiger partial charge >= 0.3 is 0 Å². The van der Waals surface area contributed by atoms with E-state index in [0.29, 0.717) is 21.4 Å². The fourth-order valence-electron chi connectivity index (χ4n) is 3.36. The van der Waals surface area contributed by atoms with Gasteiger partial charge in [0.1, 0.15) is 5.75 Å². The maximum atomic E-state index is 13.4. The molecule has 0 heterocycles. The Morgan fingerprint density at radius 1 is 1.03 bits per heavy atom. The van der Waals surface area contributed by atoms with Gasteiger partial charge in [0.15, 0.2) is 0 Å². The van der Waals surface area contributed by atoms with Gasteiger partial charge in [-0.25, -0.2) is 8.42 Å². The maximum absolute atomic E-state index is 13.4. The van der Waals surface area contributed by atoms with Crippen LogP contribution >= 0.6 is 23.2 Å². The van der Waals surface area contributed by atoms with E-state index in [-0.39, 0.29) is 11.4 Å². The van der Waals surface area contributed by atoms with Crippen LogP contribution in [0.5, 0.6) is 5.75 Å². The van der Waals surface area contributed by atoms with E-state index in [9.17, 15) is 13.2 Å². The number of carbonyl (C=O) groups is 1. The average Bonchev–Trinajstić information content (AvgIpc) is 2.80. The summed E-state index contributed by atoms with van der Waals surface area (Å²) in [4.78, 5) is 13.0. The zero-order chi connectivity index (χ0) is 24.0. The van der Waals surface area contributed by atoms with Crippen molar-refractivity contribution in [1.82, 2.24) is 9.62 Å². The zero-order valence-electron chi connectivity index (χ0n) is 18.2. The molecule has 1 N–H and O–H groups in total. The second-order valence-electron chi connectivity index (χ2n) is 7.35. The molecule has 0 aliphatic rings. The van der Waals surface area contributed by atoms with Gasteiger partial charge in [-0.05, 0) is 42.8 Å². The van der Waals surface area contributed by atoms with Crippen LogP contribution < -0.4 is 10.1 Å². The molecule has 0 fully saturated rings. The first kappa shape index (κ1) is 25.1. The third kappa shape index (κ3) is 6.26. The van der Waals surface area contributed by atoms with Gasteiger partial charge in [-0.1, -0.05) is 65.7 Å². The molecule has 1 atom stereocenters. The lowest BCUT2D eigenvalue weighted by Gasteiger charge is -2.24.